The van der Waals surface area contributed by atoms with Crippen molar-refractivity contribution >= 4 is 15.9 Å². The molecular weight excluding hydrogens is 308 g/mol. The highest BCUT2D eigenvalue weighted by molar-refractivity contribution is 9.09. The molecule has 0 spiro atoms. The molecule has 0 saturated heterocycles. The van der Waals surface area contributed by atoms with Crippen molar-refractivity contribution in [2.75, 3.05) is 0 Å². The Labute approximate surface area is 133 Å². The van der Waals surface area contributed by atoms with Crippen molar-refractivity contribution < 1.29 is 0 Å². The zero-order valence-electron chi connectivity index (χ0n) is 13.5. The van der Waals surface area contributed by atoms with Crippen LogP contribution in [0, 0.1) is 25.2 Å². The van der Waals surface area contributed by atoms with Crippen LogP contribution in [0.4, 0.5) is 0 Å². The molecular formula is C19H29Br. The molecule has 1 aliphatic rings. The van der Waals surface area contributed by atoms with E-state index in [1.807, 2.05) is 0 Å². The van der Waals surface area contributed by atoms with Gasteiger partial charge in [-0.3, -0.25) is 0 Å². The first-order chi connectivity index (χ1) is 9.43. The Kier molecular flexibility index (Phi) is 5.34. The van der Waals surface area contributed by atoms with Gasteiger partial charge < -0.3 is 0 Å². The van der Waals surface area contributed by atoms with Crippen molar-refractivity contribution in [1.82, 2.24) is 0 Å². The molecule has 1 aromatic carbocycles. The molecule has 1 unspecified atom stereocenters. The van der Waals surface area contributed by atoms with Crippen LogP contribution in [0.25, 0.3) is 0 Å². The molecule has 1 aliphatic carbocycles. The Bertz CT molecular complexity index is 441. The normalized spacial score (nSPS) is 19.5. The third-order valence-electron chi connectivity index (χ3n) is 4.98. The summed E-state index contributed by atoms with van der Waals surface area (Å²) in [6.45, 7) is 9.19. The van der Waals surface area contributed by atoms with Gasteiger partial charge >= 0.3 is 0 Å². The quantitative estimate of drug-likeness (QED) is 0.560. The number of hydrogen-bond acceptors (Lipinski definition) is 0. The first kappa shape index (κ1) is 16.1. The molecule has 1 heteroatoms. The highest BCUT2D eigenvalue weighted by Gasteiger charge is 2.40. The Hall–Kier alpha value is -0.300. The minimum atomic E-state index is 0.532. The highest BCUT2D eigenvalue weighted by atomic mass is 79.9. The van der Waals surface area contributed by atoms with E-state index in [-0.39, 0.29) is 0 Å². The topological polar surface area (TPSA) is 0 Å². The number of rotatable bonds is 5. The predicted molar refractivity (Wildman–Crippen MR) is 92.7 cm³/mol. The van der Waals surface area contributed by atoms with E-state index in [2.05, 4.69) is 61.8 Å². The van der Waals surface area contributed by atoms with Gasteiger partial charge in [0.1, 0.15) is 0 Å². The fourth-order valence-electron chi connectivity index (χ4n) is 3.97. The van der Waals surface area contributed by atoms with Gasteiger partial charge in [-0.15, -0.1) is 0 Å². The lowest BCUT2D eigenvalue weighted by molar-refractivity contribution is 0.228. The first-order valence-electron chi connectivity index (χ1n) is 8.13. The number of halogens is 1. The van der Waals surface area contributed by atoms with Gasteiger partial charge in [0, 0.05) is 4.83 Å². The van der Waals surface area contributed by atoms with Crippen LogP contribution in [-0.2, 0) is 6.42 Å². The summed E-state index contributed by atoms with van der Waals surface area (Å²) in [4.78, 5) is 0.625. The summed E-state index contributed by atoms with van der Waals surface area (Å²) in [5.41, 5.74) is 4.89. The summed E-state index contributed by atoms with van der Waals surface area (Å²) in [7, 11) is 0. The SMILES string of the molecule is Cc1ccc(C)c(CC(Br)C2(CC(C)C)CCCC2)c1. The molecule has 112 valence electrons. The van der Waals surface area contributed by atoms with Crippen LogP contribution in [0.15, 0.2) is 18.2 Å². The van der Waals surface area contributed by atoms with Crippen LogP contribution in [0.1, 0.15) is 62.6 Å². The Balaban J connectivity index is 2.16. The number of alkyl halides is 1. The van der Waals surface area contributed by atoms with Crippen LogP contribution >= 0.6 is 15.9 Å². The zero-order valence-corrected chi connectivity index (χ0v) is 15.1. The van der Waals surface area contributed by atoms with E-state index < -0.39 is 0 Å². The second kappa shape index (κ2) is 6.64. The number of benzene rings is 1. The summed E-state index contributed by atoms with van der Waals surface area (Å²) in [5, 5.41) is 0. The Morgan fingerprint density at radius 2 is 1.80 bits per heavy atom. The van der Waals surface area contributed by atoms with Gasteiger partial charge in [-0.05, 0) is 62.0 Å². The van der Waals surface area contributed by atoms with Crippen molar-refractivity contribution in [1.29, 1.82) is 0 Å². The van der Waals surface area contributed by atoms with Gasteiger partial charge in [-0.2, -0.15) is 0 Å². The van der Waals surface area contributed by atoms with E-state index in [9.17, 15) is 0 Å². The predicted octanol–water partition coefficient (Wildman–Crippen LogP) is 6.22. The number of aryl methyl sites for hydroxylation is 2. The van der Waals surface area contributed by atoms with Crippen LogP contribution in [0.3, 0.4) is 0 Å². The first-order valence-corrected chi connectivity index (χ1v) is 9.05. The fourth-order valence-corrected chi connectivity index (χ4v) is 4.96. The second-order valence-electron chi connectivity index (χ2n) is 7.27. The molecule has 2 rings (SSSR count). The molecule has 1 fully saturated rings. The van der Waals surface area contributed by atoms with Gasteiger partial charge in [0.25, 0.3) is 0 Å². The Morgan fingerprint density at radius 1 is 1.15 bits per heavy atom. The largest absolute Gasteiger partial charge is 0.0881 e. The molecule has 1 atom stereocenters. The van der Waals surface area contributed by atoms with E-state index in [4.69, 9.17) is 0 Å². The van der Waals surface area contributed by atoms with E-state index >= 15 is 0 Å². The van der Waals surface area contributed by atoms with E-state index in [1.54, 1.807) is 0 Å². The molecule has 0 N–H and O–H groups in total. The molecule has 0 aliphatic heterocycles. The summed E-state index contributed by atoms with van der Waals surface area (Å²) < 4.78 is 0. The average Bonchev–Trinajstić information content (AvgIpc) is 2.82. The van der Waals surface area contributed by atoms with Crippen LogP contribution in [0.5, 0.6) is 0 Å². The molecule has 0 bridgehead atoms. The molecule has 0 amide bonds. The molecule has 1 aromatic rings. The molecule has 0 nitrogen and oxygen atoms in total. The van der Waals surface area contributed by atoms with Gasteiger partial charge in [-0.25, -0.2) is 0 Å². The lowest BCUT2D eigenvalue weighted by atomic mass is 9.74. The third kappa shape index (κ3) is 3.67. The molecule has 0 radical (unpaired) electrons. The lowest BCUT2D eigenvalue weighted by Gasteiger charge is -2.36. The van der Waals surface area contributed by atoms with Crippen molar-refractivity contribution in [3.8, 4) is 0 Å². The van der Waals surface area contributed by atoms with Crippen LogP contribution < -0.4 is 0 Å². The zero-order chi connectivity index (χ0) is 14.8. The molecule has 1 saturated carbocycles. The maximum Gasteiger partial charge on any atom is 0.0242 e. The maximum absolute atomic E-state index is 4.09. The minimum absolute atomic E-state index is 0.532. The molecule has 20 heavy (non-hydrogen) atoms. The summed E-state index contributed by atoms with van der Waals surface area (Å²) in [6, 6.07) is 6.87. The second-order valence-corrected chi connectivity index (χ2v) is 8.37. The van der Waals surface area contributed by atoms with Crippen molar-refractivity contribution in [2.45, 2.75) is 71.0 Å². The standard InChI is InChI=1S/C19H29Br/c1-14(2)13-19(9-5-6-10-19)18(20)12-17-11-15(3)7-8-16(17)4/h7-8,11,14,18H,5-6,9-10,12-13H2,1-4H3. The van der Waals surface area contributed by atoms with Gasteiger partial charge in [0.2, 0.25) is 0 Å². The fraction of sp³-hybridized carbons (Fsp3) is 0.684. The highest BCUT2D eigenvalue weighted by Crippen LogP contribution is 2.49. The molecule has 0 aromatic heterocycles. The lowest BCUT2D eigenvalue weighted by Crippen LogP contribution is -2.31. The Morgan fingerprint density at radius 3 is 2.40 bits per heavy atom. The van der Waals surface area contributed by atoms with E-state index in [1.165, 1.54) is 55.2 Å². The van der Waals surface area contributed by atoms with Crippen molar-refractivity contribution in [3.63, 3.8) is 0 Å². The van der Waals surface area contributed by atoms with Crippen LogP contribution in [-0.4, -0.2) is 4.83 Å². The summed E-state index contributed by atoms with van der Waals surface area (Å²) in [6.07, 6.45) is 8.20. The average molecular weight is 337 g/mol. The summed E-state index contributed by atoms with van der Waals surface area (Å²) >= 11 is 4.09. The van der Waals surface area contributed by atoms with E-state index in [0.717, 1.165) is 5.92 Å². The van der Waals surface area contributed by atoms with Gasteiger partial charge in [0.15, 0.2) is 0 Å². The third-order valence-corrected chi connectivity index (χ3v) is 6.28. The maximum atomic E-state index is 4.09. The smallest absolute Gasteiger partial charge is 0.0242 e. The van der Waals surface area contributed by atoms with Gasteiger partial charge in [0.05, 0.1) is 0 Å². The minimum Gasteiger partial charge on any atom is -0.0881 e. The summed E-state index contributed by atoms with van der Waals surface area (Å²) in [5.74, 6) is 0.798. The van der Waals surface area contributed by atoms with Gasteiger partial charge in [-0.1, -0.05) is 66.4 Å². The number of hydrogen-bond donors (Lipinski definition) is 0. The molecule has 0 heterocycles. The monoisotopic (exact) mass is 336 g/mol. The van der Waals surface area contributed by atoms with Crippen LogP contribution in [0.2, 0.25) is 0 Å². The van der Waals surface area contributed by atoms with Crippen molar-refractivity contribution in [2.24, 2.45) is 11.3 Å². The van der Waals surface area contributed by atoms with E-state index in [0.29, 0.717) is 10.2 Å². The van der Waals surface area contributed by atoms with Crippen molar-refractivity contribution in [3.05, 3.63) is 34.9 Å².